The second kappa shape index (κ2) is 7.13. The lowest BCUT2D eigenvalue weighted by atomic mass is 10.1. The van der Waals surface area contributed by atoms with Gasteiger partial charge in [-0.2, -0.15) is 0 Å². The van der Waals surface area contributed by atoms with Gasteiger partial charge in [0, 0.05) is 13.0 Å². The molecular formula is C11H17NO3. The largest absolute Gasteiger partial charge is 0.433 e. The van der Waals surface area contributed by atoms with Crippen LogP contribution in [-0.4, -0.2) is 30.5 Å². The van der Waals surface area contributed by atoms with Crippen molar-refractivity contribution in [2.24, 2.45) is 0 Å². The minimum Gasteiger partial charge on any atom is -0.433 e. The predicted octanol–water partition coefficient (Wildman–Crippen LogP) is 1.04. The Kier molecular flexibility index (Phi) is 5.64. The molecule has 1 aliphatic rings. The Morgan fingerprint density at radius 1 is 1.47 bits per heavy atom. The maximum absolute atomic E-state index is 11.2. The molecule has 0 aromatic carbocycles. The SMILES string of the molecule is O=C(NCCO)OC1C#CCCCCC1. The van der Waals surface area contributed by atoms with Crippen LogP contribution in [0.25, 0.3) is 0 Å². The van der Waals surface area contributed by atoms with Crippen molar-refractivity contribution in [3.8, 4) is 11.8 Å². The molecule has 2 N–H and O–H groups in total. The summed E-state index contributed by atoms with van der Waals surface area (Å²) in [5, 5.41) is 10.9. The molecule has 4 nitrogen and oxygen atoms in total. The number of hydrogen-bond donors (Lipinski definition) is 2. The molecule has 0 radical (unpaired) electrons. The van der Waals surface area contributed by atoms with Crippen molar-refractivity contribution >= 4 is 6.09 Å². The lowest BCUT2D eigenvalue weighted by molar-refractivity contribution is 0.116. The molecule has 15 heavy (non-hydrogen) atoms. The van der Waals surface area contributed by atoms with Gasteiger partial charge in [0.05, 0.1) is 6.61 Å². The van der Waals surface area contributed by atoms with E-state index in [9.17, 15) is 4.79 Å². The van der Waals surface area contributed by atoms with E-state index in [-0.39, 0.29) is 19.3 Å². The molecule has 1 aliphatic carbocycles. The topological polar surface area (TPSA) is 58.6 Å². The molecule has 0 heterocycles. The predicted molar refractivity (Wildman–Crippen MR) is 56.2 cm³/mol. The van der Waals surface area contributed by atoms with Gasteiger partial charge in [0.15, 0.2) is 6.10 Å². The van der Waals surface area contributed by atoms with E-state index in [1.54, 1.807) is 0 Å². The Morgan fingerprint density at radius 2 is 2.33 bits per heavy atom. The monoisotopic (exact) mass is 211 g/mol. The molecule has 1 rings (SSSR count). The molecule has 0 fully saturated rings. The summed E-state index contributed by atoms with van der Waals surface area (Å²) in [6.07, 6.45) is 4.24. The number of alkyl carbamates (subject to hydrolysis) is 1. The smallest absolute Gasteiger partial charge is 0.408 e. The Bertz CT molecular complexity index is 254. The molecule has 1 amide bonds. The Morgan fingerprint density at radius 3 is 3.13 bits per heavy atom. The van der Waals surface area contributed by atoms with Crippen LogP contribution >= 0.6 is 0 Å². The molecule has 1 unspecified atom stereocenters. The standard InChI is InChI=1S/C11H17NO3/c13-9-8-12-11(14)15-10-6-4-2-1-3-5-7-10/h10,13H,1-4,6,8-9H2,(H,12,14). The maximum Gasteiger partial charge on any atom is 0.408 e. The van der Waals surface area contributed by atoms with Gasteiger partial charge < -0.3 is 15.2 Å². The Balaban J connectivity index is 2.31. The summed E-state index contributed by atoms with van der Waals surface area (Å²) in [6, 6.07) is 0. The molecule has 0 aromatic heterocycles. The van der Waals surface area contributed by atoms with E-state index in [1.165, 1.54) is 0 Å². The molecule has 0 spiro atoms. The first-order chi connectivity index (χ1) is 7.33. The van der Waals surface area contributed by atoms with Gasteiger partial charge in [0.2, 0.25) is 0 Å². The number of aliphatic hydroxyl groups is 1. The van der Waals surface area contributed by atoms with E-state index in [2.05, 4.69) is 17.2 Å². The Labute approximate surface area is 90.0 Å². The van der Waals surface area contributed by atoms with Crippen LogP contribution in [0.5, 0.6) is 0 Å². The van der Waals surface area contributed by atoms with Gasteiger partial charge in [0.25, 0.3) is 0 Å². The number of rotatable bonds is 3. The summed E-state index contributed by atoms with van der Waals surface area (Å²) in [4.78, 5) is 11.2. The number of amides is 1. The van der Waals surface area contributed by atoms with Crippen LogP contribution in [0.4, 0.5) is 4.79 Å². The van der Waals surface area contributed by atoms with E-state index >= 15 is 0 Å². The van der Waals surface area contributed by atoms with E-state index in [0.29, 0.717) is 0 Å². The third kappa shape index (κ3) is 5.28. The number of ether oxygens (including phenoxy) is 1. The first-order valence-electron chi connectivity index (χ1n) is 5.36. The fraction of sp³-hybridized carbons (Fsp3) is 0.727. The minimum absolute atomic E-state index is 0.0779. The average Bonchev–Trinajstić information content (AvgIpc) is 2.19. The third-order valence-corrected chi connectivity index (χ3v) is 2.16. The molecule has 4 heteroatoms. The number of nitrogens with one attached hydrogen (secondary N) is 1. The highest BCUT2D eigenvalue weighted by Gasteiger charge is 2.11. The van der Waals surface area contributed by atoms with Crippen LogP contribution in [-0.2, 0) is 4.74 Å². The summed E-state index contributed by atoms with van der Waals surface area (Å²) in [7, 11) is 0. The second-order valence-electron chi connectivity index (χ2n) is 3.46. The number of carbonyl (C=O) groups excluding carboxylic acids is 1. The van der Waals surface area contributed by atoms with Gasteiger partial charge in [0.1, 0.15) is 0 Å². The van der Waals surface area contributed by atoms with Crippen molar-refractivity contribution in [3.63, 3.8) is 0 Å². The quantitative estimate of drug-likeness (QED) is 0.686. The van der Waals surface area contributed by atoms with Crippen molar-refractivity contribution < 1.29 is 14.6 Å². The van der Waals surface area contributed by atoms with E-state index in [4.69, 9.17) is 9.84 Å². The molecule has 0 aromatic rings. The third-order valence-electron chi connectivity index (χ3n) is 2.16. The summed E-state index contributed by atoms with van der Waals surface area (Å²) < 4.78 is 5.09. The molecule has 84 valence electrons. The van der Waals surface area contributed by atoms with Crippen LogP contribution in [0.2, 0.25) is 0 Å². The summed E-state index contributed by atoms with van der Waals surface area (Å²) >= 11 is 0. The maximum atomic E-state index is 11.2. The van der Waals surface area contributed by atoms with Gasteiger partial charge in [-0.05, 0) is 19.3 Å². The Hall–Kier alpha value is -1.21. The van der Waals surface area contributed by atoms with Crippen molar-refractivity contribution in [1.82, 2.24) is 5.32 Å². The van der Waals surface area contributed by atoms with Crippen molar-refractivity contribution in [2.45, 2.75) is 38.2 Å². The lowest BCUT2D eigenvalue weighted by Gasteiger charge is -2.13. The van der Waals surface area contributed by atoms with Crippen molar-refractivity contribution in [2.75, 3.05) is 13.2 Å². The fourth-order valence-corrected chi connectivity index (χ4v) is 1.40. The minimum atomic E-state index is -0.496. The molecule has 0 aliphatic heterocycles. The van der Waals surface area contributed by atoms with E-state index < -0.39 is 6.09 Å². The first-order valence-corrected chi connectivity index (χ1v) is 5.36. The summed E-state index contributed by atoms with van der Waals surface area (Å²) in [6.45, 7) is 0.143. The highest BCUT2D eigenvalue weighted by Crippen LogP contribution is 2.10. The van der Waals surface area contributed by atoms with Crippen LogP contribution in [0.3, 0.4) is 0 Å². The van der Waals surface area contributed by atoms with Gasteiger partial charge in [-0.15, -0.1) is 0 Å². The highest BCUT2D eigenvalue weighted by atomic mass is 16.6. The van der Waals surface area contributed by atoms with Crippen LogP contribution in [0.15, 0.2) is 0 Å². The van der Waals surface area contributed by atoms with Gasteiger partial charge in [-0.1, -0.05) is 18.3 Å². The number of hydrogen-bond acceptors (Lipinski definition) is 3. The second-order valence-corrected chi connectivity index (χ2v) is 3.46. The number of carbonyl (C=O) groups is 1. The summed E-state index contributed by atoms with van der Waals surface area (Å²) in [5.41, 5.74) is 0. The molecule has 1 atom stereocenters. The van der Waals surface area contributed by atoms with Gasteiger partial charge in [-0.3, -0.25) is 0 Å². The number of aliphatic hydroxyl groups excluding tert-OH is 1. The van der Waals surface area contributed by atoms with Crippen LogP contribution < -0.4 is 5.32 Å². The fourth-order valence-electron chi connectivity index (χ4n) is 1.40. The van der Waals surface area contributed by atoms with Gasteiger partial charge >= 0.3 is 6.09 Å². The van der Waals surface area contributed by atoms with E-state index in [1.807, 2.05) is 0 Å². The van der Waals surface area contributed by atoms with Crippen LogP contribution in [0, 0.1) is 11.8 Å². The molecular weight excluding hydrogens is 194 g/mol. The molecule has 0 bridgehead atoms. The van der Waals surface area contributed by atoms with E-state index in [0.717, 1.165) is 32.1 Å². The average molecular weight is 211 g/mol. The zero-order valence-corrected chi connectivity index (χ0v) is 8.79. The van der Waals surface area contributed by atoms with Crippen molar-refractivity contribution in [3.05, 3.63) is 0 Å². The van der Waals surface area contributed by atoms with Gasteiger partial charge in [-0.25, -0.2) is 4.79 Å². The zero-order chi connectivity index (χ0) is 10.9. The lowest BCUT2D eigenvalue weighted by Crippen LogP contribution is -2.30. The normalized spacial score (nSPS) is 20.5. The summed E-state index contributed by atoms with van der Waals surface area (Å²) in [5.74, 6) is 5.93. The highest BCUT2D eigenvalue weighted by molar-refractivity contribution is 5.67. The van der Waals surface area contributed by atoms with Crippen LogP contribution in [0.1, 0.15) is 32.1 Å². The first kappa shape index (κ1) is 11.9. The molecule has 0 saturated heterocycles. The molecule has 0 saturated carbocycles. The zero-order valence-electron chi connectivity index (χ0n) is 8.79. The van der Waals surface area contributed by atoms with Crippen molar-refractivity contribution in [1.29, 1.82) is 0 Å².